The predicted molar refractivity (Wildman–Crippen MR) is 69.7 cm³/mol. The lowest BCUT2D eigenvalue weighted by Gasteiger charge is -2.38. The molecule has 0 spiro atoms. The summed E-state index contributed by atoms with van der Waals surface area (Å²) in [6.07, 6.45) is 4.00. The Kier molecular flexibility index (Phi) is 4.08. The molecule has 1 amide bonds. The van der Waals surface area contributed by atoms with E-state index >= 15 is 0 Å². The summed E-state index contributed by atoms with van der Waals surface area (Å²) in [5, 5.41) is 3.64. The largest absolute Gasteiger partial charge is 0.341 e. The summed E-state index contributed by atoms with van der Waals surface area (Å²) in [5.74, 6) is 1.99. The van der Waals surface area contributed by atoms with E-state index in [9.17, 15) is 4.79 Å². The lowest BCUT2D eigenvalue weighted by atomic mass is 9.95. The van der Waals surface area contributed by atoms with Crippen LogP contribution in [0.25, 0.3) is 0 Å². The number of amides is 1. The second kappa shape index (κ2) is 5.38. The van der Waals surface area contributed by atoms with Crippen LogP contribution in [-0.2, 0) is 4.79 Å². The molecule has 0 radical (unpaired) electrons. The van der Waals surface area contributed by atoms with Crippen molar-refractivity contribution in [2.24, 2.45) is 17.8 Å². The lowest BCUT2D eigenvalue weighted by Crippen LogP contribution is -2.52. The highest BCUT2D eigenvalue weighted by atomic mass is 16.2. The van der Waals surface area contributed by atoms with Gasteiger partial charge >= 0.3 is 0 Å². The van der Waals surface area contributed by atoms with Crippen molar-refractivity contribution >= 4 is 5.91 Å². The Bertz CT molecular complexity index is 273. The van der Waals surface area contributed by atoms with E-state index in [0.29, 0.717) is 17.9 Å². The van der Waals surface area contributed by atoms with Crippen LogP contribution in [0, 0.1) is 17.8 Å². The van der Waals surface area contributed by atoms with E-state index in [1.54, 1.807) is 0 Å². The minimum atomic E-state index is 0.129. The van der Waals surface area contributed by atoms with Gasteiger partial charge in [-0.25, -0.2) is 0 Å². The van der Waals surface area contributed by atoms with Crippen molar-refractivity contribution in [2.75, 3.05) is 19.6 Å². The van der Waals surface area contributed by atoms with E-state index in [4.69, 9.17) is 0 Å². The van der Waals surface area contributed by atoms with Crippen molar-refractivity contribution in [3.05, 3.63) is 0 Å². The molecule has 0 aromatic heterocycles. The second-order valence-electron chi connectivity index (χ2n) is 6.29. The fourth-order valence-electron chi connectivity index (χ4n) is 2.70. The van der Waals surface area contributed by atoms with Crippen LogP contribution in [0.1, 0.15) is 40.0 Å². The van der Waals surface area contributed by atoms with Gasteiger partial charge in [0.1, 0.15) is 0 Å². The van der Waals surface area contributed by atoms with Gasteiger partial charge in [-0.2, -0.15) is 0 Å². The number of hydrogen-bond donors (Lipinski definition) is 1. The number of carbonyl (C=O) groups excluding carboxylic acids is 1. The zero-order chi connectivity index (χ0) is 12.4. The minimum absolute atomic E-state index is 0.129. The third-order valence-electron chi connectivity index (χ3n) is 3.86. The monoisotopic (exact) mass is 238 g/mol. The predicted octanol–water partition coefficient (Wildman–Crippen LogP) is 1.88. The summed E-state index contributed by atoms with van der Waals surface area (Å²) in [7, 11) is 0. The average molecular weight is 238 g/mol. The van der Waals surface area contributed by atoms with Crippen LogP contribution in [0.2, 0.25) is 0 Å². The van der Waals surface area contributed by atoms with Gasteiger partial charge in [-0.05, 0) is 37.6 Å². The molecule has 2 unspecified atom stereocenters. The summed E-state index contributed by atoms with van der Waals surface area (Å²) in [6.45, 7) is 9.25. The first kappa shape index (κ1) is 12.9. The molecule has 1 aliphatic carbocycles. The zero-order valence-corrected chi connectivity index (χ0v) is 11.4. The molecule has 0 bridgehead atoms. The molecule has 98 valence electrons. The van der Waals surface area contributed by atoms with Gasteiger partial charge in [-0.15, -0.1) is 0 Å². The van der Waals surface area contributed by atoms with E-state index in [1.165, 1.54) is 19.3 Å². The molecule has 2 rings (SSSR count). The van der Waals surface area contributed by atoms with Gasteiger partial charge in [0.25, 0.3) is 0 Å². The highest BCUT2D eigenvalue weighted by molar-refractivity contribution is 5.78. The number of likely N-dealkylation sites (tertiary alicyclic amines) is 1. The quantitative estimate of drug-likeness (QED) is 0.811. The van der Waals surface area contributed by atoms with E-state index in [-0.39, 0.29) is 5.92 Å². The van der Waals surface area contributed by atoms with Crippen molar-refractivity contribution in [1.29, 1.82) is 0 Å². The first-order chi connectivity index (χ1) is 8.06. The molecular formula is C14H26N2O. The van der Waals surface area contributed by atoms with E-state index < -0.39 is 0 Å². The van der Waals surface area contributed by atoms with Crippen LogP contribution in [-0.4, -0.2) is 36.5 Å². The number of nitrogens with one attached hydrogen (secondary N) is 1. The van der Waals surface area contributed by atoms with Gasteiger partial charge in [0.15, 0.2) is 0 Å². The lowest BCUT2D eigenvalue weighted by molar-refractivity contribution is -0.136. The molecule has 0 aromatic carbocycles. The van der Waals surface area contributed by atoms with Crippen LogP contribution in [0.4, 0.5) is 0 Å². The number of piperidine rings is 1. The molecule has 1 N–H and O–H groups in total. The first-order valence-electron chi connectivity index (χ1n) is 7.08. The Balaban J connectivity index is 1.83. The van der Waals surface area contributed by atoms with Crippen molar-refractivity contribution in [3.63, 3.8) is 0 Å². The Morgan fingerprint density at radius 2 is 2.06 bits per heavy atom. The number of hydrogen-bond acceptors (Lipinski definition) is 2. The summed E-state index contributed by atoms with van der Waals surface area (Å²) in [4.78, 5) is 14.1. The van der Waals surface area contributed by atoms with E-state index in [0.717, 1.165) is 25.6 Å². The average Bonchev–Trinajstić information content (AvgIpc) is 3.08. The highest BCUT2D eigenvalue weighted by Crippen LogP contribution is 2.28. The number of rotatable bonds is 4. The van der Waals surface area contributed by atoms with Crippen LogP contribution >= 0.6 is 0 Å². The van der Waals surface area contributed by atoms with Gasteiger partial charge < -0.3 is 10.2 Å². The maximum Gasteiger partial charge on any atom is 0.225 e. The van der Waals surface area contributed by atoms with Gasteiger partial charge in [-0.3, -0.25) is 4.79 Å². The standard InChI is InChI=1S/C14H26N2O/c1-10(2)14(17)16-8-11(3)6-13(9-16)15-7-12-4-5-12/h10-13,15H,4-9H2,1-3H3. The molecule has 1 aliphatic heterocycles. The van der Waals surface area contributed by atoms with Crippen molar-refractivity contribution in [1.82, 2.24) is 10.2 Å². The summed E-state index contributed by atoms with van der Waals surface area (Å²) >= 11 is 0. The Morgan fingerprint density at radius 1 is 1.35 bits per heavy atom. The molecular weight excluding hydrogens is 212 g/mol. The van der Waals surface area contributed by atoms with Crippen LogP contribution in [0.15, 0.2) is 0 Å². The maximum absolute atomic E-state index is 12.0. The molecule has 2 fully saturated rings. The topological polar surface area (TPSA) is 32.3 Å². The smallest absolute Gasteiger partial charge is 0.225 e. The van der Waals surface area contributed by atoms with Gasteiger partial charge in [-0.1, -0.05) is 20.8 Å². The zero-order valence-electron chi connectivity index (χ0n) is 11.4. The Hall–Kier alpha value is -0.570. The molecule has 1 saturated carbocycles. The molecule has 2 aliphatic rings. The SMILES string of the molecule is CC1CC(NCC2CC2)CN(C(=O)C(C)C)C1. The van der Waals surface area contributed by atoms with Crippen molar-refractivity contribution in [3.8, 4) is 0 Å². The Labute approximate surface area is 105 Å². The van der Waals surface area contributed by atoms with Crippen molar-refractivity contribution in [2.45, 2.75) is 46.1 Å². The molecule has 3 heteroatoms. The molecule has 2 atom stereocenters. The van der Waals surface area contributed by atoms with Crippen LogP contribution in [0.3, 0.4) is 0 Å². The Morgan fingerprint density at radius 3 is 2.65 bits per heavy atom. The van der Waals surface area contributed by atoms with Gasteiger partial charge in [0.2, 0.25) is 5.91 Å². The fraction of sp³-hybridized carbons (Fsp3) is 0.929. The van der Waals surface area contributed by atoms with Crippen molar-refractivity contribution < 1.29 is 4.79 Å². The molecule has 0 aromatic rings. The summed E-state index contributed by atoms with van der Waals surface area (Å²) in [6, 6.07) is 0.516. The third kappa shape index (κ3) is 3.70. The molecule has 1 heterocycles. The van der Waals surface area contributed by atoms with E-state index in [1.807, 2.05) is 13.8 Å². The minimum Gasteiger partial charge on any atom is -0.341 e. The normalized spacial score (nSPS) is 29.8. The maximum atomic E-state index is 12.0. The molecule has 3 nitrogen and oxygen atoms in total. The van der Waals surface area contributed by atoms with Crippen LogP contribution in [0.5, 0.6) is 0 Å². The van der Waals surface area contributed by atoms with Gasteiger partial charge in [0, 0.05) is 25.0 Å². The number of nitrogens with zero attached hydrogens (tertiary/aromatic N) is 1. The number of carbonyl (C=O) groups is 1. The van der Waals surface area contributed by atoms with Gasteiger partial charge in [0.05, 0.1) is 0 Å². The highest BCUT2D eigenvalue weighted by Gasteiger charge is 2.30. The first-order valence-corrected chi connectivity index (χ1v) is 7.08. The molecule has 17 heavy (non-hydrogen) atoms. The second-order valence-corrected chi connectivity index (χ2v) is 6.29. The fourth-order valence-corrected chi connectivity index (χ4v) is 2.70. The van der Waals surface area contributed by atoms with Crippen LogP contribution < -0.4 is 5.32 Å². The van der Waals surface area contributed by atoms with E-state index in [2.05, 4.69) is 17.1 Å². The summed E-state index contributed by atoms with van der Waals surface area (Å²) < 4.78 is 0. The molecule has 1 saturated heterocycles. The third-order valence-corrected chi connectivity index (χ3v) is 3.86. The summed E-state index contributed by atoms with van der Waals surface area (Å²) in [5.41, 5.74) is 0.